The molecular weight excluding hydrogens is 484 g/mol. The van der Waals surface area contributed by atoms with Crippen LogP contribution in [0.3, 0.4) is 0 Å². The van der Waals surface area contributed by atoms with E-state index in [1.54, 1.807) is 0 Å². The Morgan fingerprint density at radius 3 is 2.69 bits per heavy atom. The first-order valence-corrected chi connectivity index (χ1v) is 12.3. The van der Waals surface area contributed by atoms with Crippen molar-refractivity contribution in [1.82, 2.24) is 19.8 Å². The maximum Gasteiger partial charge on any atom is 0.170 e. The summed E-state index contributed by atoms with van der Waals surface area (Å²) >= 11 is 9.39. The number of rotatable bonds is 5. The lowest BCUT2D eigenvalue weighted by Gasteiger charge is -2.30. The fourth-order valence-electron chi connectivity index (χ4n) is 5.02. The van der Waals surface area contributed by atoms with Crippen molar-refractivity contribution in [1.29, 1.82) is 0 Å². The molecule has 1 N–H and O–H groups in total. The third-order valence-corrected chi connectivity index (χ3v) is 7.38. The molecule has 32 heavy (non-hydrogen) atoms. The molecule has 5 rings (SSSR count). The fraction of sp³-hybridized carbons (Fsp3) is 0.360. The van der Waals surface area contributed by atoms with Crippen LogP contribution in [0.5, 0.6) is 0 Å². The highest BCUT2D eigenvalue weighted by molar-refractivity contribution is 9.10. The van der Waals surface area contributed by atoms with Crippen LogP contribution >= 0.6 is 28.1 Å². The van der Waals surface area contributed by atoms with Gasteiger partial charge in [-0.15, -0.1) is 0 Å². The molecule has 5 nitrogen and oxygen atoms in total. The molecule has 4 heterocycles. The number of halogens is 1. The monoisotopic (exact) mass is 510 g/mol. The molecule has 2 saturated heterocycles. The standard InChI is InChI=1S/C25H27BrN4OS/c1-16-14-21(17(2)30(16)19-10-8-18(26)9-11-19)24-23(22-7-3-4-12-27-22)28-25(32)29(24)15-20-6-5-13-31-20/h3-4,7-12,14,20,23-24H,5-6,13,15H2,1-2H3,(H,28,32)/t20-,23-,24-/m1/s1. The summed E-state index contributed by atoms with van der Waals surface area (Å²) in [6.45, 7) is 6.00. The first kappa shape index (κ1) is 21.6. The van der Waals surface area contributed by atoms with Crippen LogP contribution < -0.4 is 5.32 Å². The van der Waals surface area contributed by atoms with Gasteiger partial charge in [-0.3, -0.25) is 4.98 Å². The van der Waals surface area contributed by atoms with Crippen LogP contribution in [0.4, 0.5) is 0 Å². The van der Waals surface area contributed by atoms with E-state index in [1.165, 1.54) is 17.0 Å². The Hall–Kier alpha value is -2.22. The number of ether oxygens (including phenoxy) is 1. The van der Waals surface area contributed by atoms with Crippen LogP contribution in [0.25, 0.3) is 5.69 Å². The van der Waals surface area contributed by atoms with E-state index < -0.39 is 0 Å². The highest BCUT2D eigenvalue weighted by Gasteiger charge is 2.42. The average Bonchev–Trinajstić information content (AvgIpc) is 3.49. The second-order valence-electron chi connectivity index (χ2n) is 8.55. The average molecular weight is 511 g/mol. The Labute approximate surface area is 202 Å². The van der Waals surface area contributed by atoms with Gasteiger partial charge in [-0.25, -0.2) is 0 Å². The molecule has 2 aliphatic rings. The zero-order chi connectivity index (χ0) is 22.2. The molecular formula is C25H27BrN4OS. The number of nitrogens with one attached hydrogen (secondary N) is 1. The summed E-state index contributed by atoms with van der Waals surface area (Å²) in [5.74, 6) is 0. The molecule has 0 aliphatic carbocycles. The van der Waals surface area contributed by atoms with Crippen molar-refractivity contribution in [2.24, 2.45) is 0 Å². The summed E-state index contributed by atoms with van der Waals surface area (Å²) in [6, 6.07) is 16.9. The highest BCUT2D eigenvalue weighted by atomic mass is 79.9. The van der Waals surface area contributed by atoms with Gasteiger partial charge >= 0.3 is 0 Å². The van der Waals surface area contributed by atoms with Gasteiger partial charge in [0.25, 0.3) is 0 Å². The second-order valence-corrected chi connectivity index (χ2v) is 9.85. The van der Waals surface area contributed by atoms with Crippen LogP contribution in [0.2, 0.25) is 0 Å². The van der Waals surface area contributed by atoms with Gasteiger partial charge in [0.15, 0.2) is 5.11 Å². The minimum atomic E-state index is -0.0102. The number of aryl methyl sites for hydroxylation is 1. The molecule has 1 aromatic carbocycles. The van der Waals surface area contributed by atoms with Gasteiger partial charge in [-0.05, 0) is 86.9 Å². The van der Waals surface area contributed by atoms with Crippen LogP contribution in [0.1, 0.15) is 47.6 Å². The number of thiocarbonyl (C=S) groups is 1. The van der Waals surface area contributed by atoms with Crippen LogP contribution in [-0.2, 0) is 4.74 Å². The molecule has 166 valence electrons. The molecule has 0 spiro atoms. The summed E-state index contributed by atoms with van der Waals surface area (Å²) in [7, 11) is 0. The van der Waals surface area contributed by atoms with Crippen molar-refractivity contribution in [2.75, 3.05) is 13.2 Å². The van der Waals surface area contributed by atoms with E-state index in [4.69, 9.17) is 17.0 Å². The highest BCUT2D eigenvalue weighted by Crippen LogP contribution is 2.42. The Bertz CT molecular complexity index is 1110. The quantitative estimate of drug-likeness (QED) is 0.465. The molecule has 3 atom stereocenters. The van der Waals surface area contributed by atoms with Gasteiger partial charge < -0.3 is 19.5 Å². The number of hydrogen-bond acceptors (Lipinski definition) is 3. The van der Waals surface area contributed by atoms with E-state index in [2.05, 4.69) is 85.9 Å². The van der Waals surface area contributed by atoms with Gasteiger partial charge in [-0.2, -0.15) is 0 Å². The Morgan fingerprint density at radius 2 is 2.00 bits per heavy atom. The van der Waals surface area contributed by atoms with Crippen molar-refractivity contribution in [2.45, 2.75) is 44.9 Å². The van der Waals surface area contributed by atoms with E-state index in [-0.39, 0.29) is 18.2 Å². The number of pyridine rings is 1. The Kier molecular flexibility index (Phi) is 6.05. The Morgan fingerprint density at radius 1 is 1.19 bits per heavy atom. The van der Waals surface area contributed by atoms with Crippen molar-refractivity contribution in [3.63, 3.8) is 0 Å². The van der Waals surface area contributed by atoms with Crippen molar-refractivity contribution >= 4 is 33.3 Å². The molecule has 0 saturated carbocycles. The van der Waals surface area contributed by atoms with E-state index in [1.807, 2.05) is 18.3 Å². The number of nitrogens with zero attached hydrogens (tertiary/aromatic N) is 3. The molecule has 0 amide bonds. The van der Waals surface area contributed by atoms with Crippen molar-refractivity contribution in [3.8, 4) is 5.69 Å². The van der Waals surface area contributed by atoms with Gasteiger partial charge in [0, 0.05) is 40.9 Å². The molecule has 3 aromatic rings. The predicted molar refractivity (Wildman–Crippen MR) is 134 cm³/mol. The van der Waals surface area contributed by atoms with E-state index >= 15 is 0 Å². The minimum Gasteiger partial charge on any atom is -0.376 e. The number of hydrogen-bond donors (Lipinski definition) is 1. The molecule has 0 radical (unpaired) electrons. The maximum atomic E-state index is 5.97. The van der Waals surface area contributed by atoms with Gasteiger partial charge in [-0.1, -0.05) is 22.0 Å². The minimum absolute atomic E-state index is 0.0102. The summed E-state index contributed by atoms with van der Waals surface area (Å²) in [5, 5.41) is 4.34. The van der Waals surface area contributed by atoms with Crippen LogP contribution in [-0.4, -0.2) is 38.8 Å². The predicted octanol–water partition coefficient (Wildman–Crippen LogP) is 5.40. The van der Waals surface area contributed by atoms with Gasteiger partial charge in [0.2, 0.25) is 0 Å². The maximum absolute atomic E-state index is 5.97. The van der Waals surface area contributed by atoms with E-state index in [9.17, 15) is 0 Å². The number of aromatic nitrogens is 2. The van der Waals surface area contributed by atoms with Crippen molar-refractivity contribution in [3.05, 3.63) is 81.8 Å². The molecule has 2 fully saturated rings. The van der Waals surface area contributed by atoms with Gasteiger partial charge in [0.1, 0.15) is 0 Å². The number of benzene rings is 1. The third-order valence-electron chi connectivity index (χ3n) is 6.50. The first-order chi connectivity index (χ1) is 15.5. The molecule has 0 bridgehead atoms. The summed E-state index contributed by atoms with van der Waals surface area (Å²) < 4.78 is 9.37. The SMILES string of the molecule is Cc1cc([C@@H]2[C@@H](c3ccccn3)NC(=S)N2C[C@H]2CCCO2)c(C)n1-c1ccc(Br)cc1. The lowest BCUT2D eigenvalue weighted by atomic mass is 9.96. The largest absolute Gasteiger partial charge is 0.376 e. The zero-order valence-electron chi connectivity index (χ0n) is 18.3. The van der Waals surface area contributed by atoms with Crippen LogP contribution in [0, 0.1) is 13.8 Å². The molecule has 2 aliphatic heterocycles. The summed E-state index contributed by atoms with van der Waals surface area (Å²) in [6.07, 6.45) is 4.27. The lowest BCUT2D eigenvalue weighted by molar-refractivity contribution is 0.0842. The molecule has 7 heteroatoms. The topological polar surface area (TPSA) is 42.3 Å². The summed E-state index contributed by atoms with van der Waals surface area (Å²) in [5.41, 5.74) is 5.85. The smallest absolute Gasteiger partial charge is 0.170 e. The summed E-state index contributed by atoms with van der Waals surface area (Å²) in [4.78, 5) is 6.99. The van der Waals surface area contributed by atoms with E-state index in [0.29, 0.717) is 0 Å². The second kappa shape index (κ2) is 8.96. The van der Waals surface area contributed by atoms with Gasteiger partial charge in [0.05, 0.1) is 23.9 Å². The fourth-order valence-corrected chi connectivity index (χ4v) is 5.60. The normalized spacial score (nSPS) is 23.0. The first-order valence-electron chi connectivity index (χ1n) is 11.1. The van der Waals surface area contributed by atoms with Crippen LogP contribution in [0.15, 0.2) is 59.2 Å². The van der Waals surface area contributed by atoms with Crippen molar-refractivity contribution < 1.29 is 4.74 Å². The van der Waals surface area contributed by atoms with E-state index in [0.717, 1.165) is 47.0 Å². The Balaban J connectivity index is 1.58. The lowest BCUT2D eigenvalue weighted by Crippen LogP contribution is -2.36. The zero-order valence-corrected chi connectivity index (χ0v) is 20.7. The third kappa shape index (κ3) is 3.98. The molecule has 2 aromatic heterocycles. The molecule has 0 unspecified atom stereocenters.